The van der Waals surface area contributed by atoms with E-state index in [2.05, 4.69) is 10.1 Å². The van der Waals surface area contributed by atoms with Crippen molar-refractivity contribution >= 4 is 21.4 Å². The Morgan fingerprint density at radius 1 is 1.02 bits per heavy atom. The molecule has 1 saturated heterocycles. The number of carbonyl (C=O) groups is 1. The number of alkyl halides is 4. The number of nitrogens with one attached hydrogen (secondary N) is 1. The van der Waals surface area contributed by atoms with E-state index in [0.29, 0.717) is 35.5 Å². The van der Waals surface area contributed by atoms with E-state index in [1.165, 1.54) is 24.3 Å². The number of aliphatic hydroxyl groups excluding tert-OH is 1. The van der Waals surface area contributed by atoms with Gasteiger partial charge in [-0.2, -0.15) is 0 Å². The fourth-order valence-corrected chi connectivity index (χ4v) is 5.79. The molecule has 8 nitrogen and oxygen atoms in total. The van der Waals surface area contributed by atoms with E-state index in [-0.39, 0.29) is 29.4 Å². The number of nitrogens with zero attached hydrogens (tertiary/aromatic N) is 1. The van der Waals surface area contributed by atoms with Gasteiger partial charge in [-0.15, -0.1) is 13.2 Å². The van der Waals surface area contributed by atoms with Crippen LogP contribution in [0.15, 0.2) is 77.7 Å². The maximum Gasteiger partial charge on any atom is 0.573 e. The molecule has 0 radical (unpaired) electrons. The molecule has 0 aliphatic carbocycles. The SMILES string of the molecule is CCS(=O)(=O)c1ccc([C@H](CCO)NC(=O)c2ccc(N3C[C@@H](Oc4ccc(OC(F)(F)F)cc4)C[C@H]3CF)cc2)cc1. The van der Waals surface area contributed by atoms with Gasteiger partial charge in [0.15, 0.2) is 9.84 Å². The zero-order valence-corrected chi connectivity index (χ0v) is 24.1. The van der Waals surface area contributed by atoms with Crippen LogP contribution in [0.25, 0.3) is 0 Å². The highest BCUT2D eigenvalue weighted by molar-refractivity contribution is 7.91. The van der Waals surface area contributed by atoms with Gasteiger partial charge in [-0.25, -0.2) is 12.8 Å². The summed E-state index contributed by atoms with van der Waals surface area (Å²) in [6.07, 6.45) is -4.65. The topological polar surface area (TPSA) is 105 Å². The normalized spacial score (nSPS) is 17.9. The zero-order valence-electron chi connectivity index (χ0n) is 23.3. The number of benzene rings is 3. The van der Waals surface area contributed by atoms with E-state index in [1.807, 2.05) is 4.90 Å². The van der Waals surface area contributed by atoms with Gasteiger partial charge in [0, 0.05) is 24.3 Å². The predicted molar refractivity (Wildman–Crippen MR) is 152 cm³/mol. The molecule has 1 heterocycles. The molecule has 43 heavy (non-hydrogen) atoms. The van der Waals surface area contributed by atoms with Crippen LogP contribution < -0.4 is 19.7 Å². The van der Waals surface area contributed by atoms with E-state index in [4.69, 9.17) is 4.74 Å². The van der Waals surface area contributed by atoms with Gasteiger partial charge in [0.05, 0.1) is 29.3 Å². The summed E-state index contributed by atoms with van der Waals surface area (Å²) >= 11 is 0. The third-order valence-corrected chi connectivity index (χ3v) is 8.87. The monoisotopic (exact) mass is 624 g/mol. The number of hydrogen-bond acceptors (Lipinski definition) is 7. The van der Waals surface area contributed by atoms with Crippen LogP contribution in [0.5, 0.6) is 11.5 Å². The fraction of sp³-hybridized carbons (Fsp3) is 0.367. The second-order valence-electron chi connectivity index (χ2n) is 10.0. The van der Waals surface area contributed by atoms with Gasteiger partial charge in [0.2, 0.25) is 0 Å². The van der Waals surface area contributed by atoms with E-state index in [9.17, 15) is 35.9 Å². The molecule has 3 atom stereocenters. The first-order valence-corrected chi connectivity index (χ1v) is 15.3. The van der Waals surface area contributed by atoms with Crippen molar-refractivity contribution in [3.8, 4) is 11.5 Å². The summed E-state index contributed by atoms with van der Waals surface area (Å²) in [6.45, 7) is 1.03. The maximum atomic E-state index is 13.9. The summed E-state index contributed by atoms with van der Waals surface area (Å²) < 4.78 is 85.1. The van der Waals surface area contributed by atoms with E-state index < -0.39 is 47.0 Å². The minimum atomic E-state index is -4.80. The first-order chi connectivity index (χ1) is 20.4. The average Bonchev–Trinajstić information content (AvgIpc) is 3.40. The zero-order chi connectivity index (χ0) is 31.2. The summed E-state index contributed by atoms with van der Waals surface area (Å²) in [5.41, 5.74) is 1.64. The quantitative estimate of drug-likeness (QED) is 0.266. The Bertz CT molecular complexity index is 1470. The molecule has 1 fully saturated rings. The molecule has 2 N–H and O–H groups in total. The number of hydrogen-bond donors (Lipinski definition) is 2. The lowest BCUT2D eigenvalue weighted by molar-refractivity contribution is -0.274. The van der Waals surface area contributed by atoms with Gasteiger partial charge < -0.3 is 24.8 Å². The van der Waals surface area contributed by atoms with E-state index in [0.717, 1.165) is 12.1 Å². The lowest BCUT2D eigenvalue weighted by Crippen LogP contribution is -2.32. The molecule has 13 heteroatoms. The molecule has 3 aromatic carbocycles. The Balaban J connectivity index is 1.39. The standard InChI is InChI=1S/C30H32F4N2O6S/c1-2-43(39,40)27-13-5-20(6-14-27)28(15-16-37)35-29(38)21-3-7-22(8-4-21)36-19-26(17-23(36)18-31)41-24-9-11-25(12-10-24)42-30(32,33)34/h3-14,23,26,28,37H,2,15-19H2,1H3,(H,35,38)/t23-,26-,28-/m0/s1. The van der Waals surface area contributed by atoms with Gasteiger partial charge in [-0.3, -0.25) is 4.79 Å². The second kappa shape index (κ2) is 13.6. The molecule has 4 rings (SSSR count). The first-order valence-electron chi connectivity index (χ1n) is 13.6. The molecule has 0 spiro atoms. The maximum absolute atomic E-state index is 13.9. The van der Waals surface area contributed by atoms with Crippen molar-refractivity contribution in [2.24, 2.45) is 0 Å². The fourth-order valence-electron chi connectivity index (χ4n) is 4.91. The number of carbonyl (C=O) groups excluding carboxylic acids is 1. The summed E-state index contributed by atoms with van der Waals surface area (Å²) in [4.78, 5) is 15.0. The van der Waals surface area contributed by atoms with Crippen molar-refractivity contribution < 1.29 is 45.4 Å². The number of aliphatic hydroxyl groups is 1. The molecule has 0 bridgehead atoms. The average molecular weight is 625 g/mol. The lowest BCUT2D eigenvalue weighted by atomic mass is 10.0. The van der Waals surface area contributed by atoms with Gasteiger partial charge in [-0.05, 0) is 72.6 Å². The number of ether oxygens (including phenoxy) is 2. The summed E-state index contributed by atoms with van der Waals surface area (Å²) in [5.74, 6) is -0.487. The minimum absolute atomic E-state index is 0.0334. The van der Waals surface area contributed by atoms with Gasteiger partial charge in [-0.1, -0.05) is 19.1 Å². The summed E-state index contributed by atoms with van der Waals surface area (Å²) in [7, 11) is -3.37. The predicted octanol–water partition coefficient (Wildman–Crippen LogP) is 5.23. The van der Waals surface area contributed by atoms with Crippen molar-refractivity contribution in [1.82, 2.24) is 5.32 Å². The molecule has 0 unspecified atom stereocenters. The van der Waals surface area contributed by atoms with Crippen molar-refractivity contribution in [2.45, 2.75) is 49.2 Å². The minimum Gasteiger partial charge on any atom is -0.489 e. The largest absolute Gasteiger partial charge is 0.573 e. The van der Waals surface area contributed by atoms with Gasteiger partial charge in [0.1, 0.15) is 24.3 Å². The van der Waals surface area contributed by atoms with Gasteiger partial charge >= 0.3 is 6.36 Å². The van der Waals surface area contributed by atoms with Crippen molar-refractivity contribution in [2.75, 3.05) is 30.5 Å². The van der Waals surface area contributed by atoms with E-state index in [1.54, 1.807) is 43.3 Å². The Kier molecular flexibility index (Phi) is 10.2. The lowest BCUT2D eigenvalue weighted by Gasteiger charge is -2.24. The number of halogens is 4. The Morgan fingerprint density at radius 2 is 1.65 bits per heavy atom. The van der Waals surface area contributed by atoms with Crippen LogP contribution in [0.4, 0.5) is 23.2 Å². The first kappa shape index (κ1) is 32.1. The molecule has 232 valence electrons. The van der Waals surface area contributed by atoms with Crippen LogP contribution in [0.2, 0.25) is 0 Å². The Morgan fingerprint density at radius 3 is 2.21 bits per heavy atom. The number of anilines is 1. The highest BCUT2D eigenvalue weighted by Gasteiger charge is 2.34. The van der Waals surface area contributed by atoms with Crippen LogP contribution in [-0.2, 0) is 9.84 Å². The van der Waals surface area contributed by atoms with Crippen molar-refractivity contribution in [3.05, 3.63) is 83.9 Å². The van der Waals surface area contributed by atoms with Gasteiger partial charge in [0.25, 0.3) is 5.91 Å². The van der Waals surface area contributed by atoms with Crippen LogP contribution in [-0.4, -0.2) is 63.5 Å². The Hall–Kier alpha value is -3.84. The number of rotatable bonds is 12. The molecule has 3 aromatic rings. The van der Waals surface area contributed by atoms with Crippen LogP contribution >= 0.6 is 0 Å². The smallest absolute Gasteiger partial charge is 0.489 e. The van der Waals surface area contributed by atoms with Crippen LogP contribution in [0.3, 0.4) is 0 Å². The van der Waals surface area contributed by atoms with Crippen LogP contribution in [0.1, 0.15) is 41.7 Å². The van der Waals surface area contributed by atoms with Crippen molar-refractivity contribution in [1.29, 1.82) is 0 Å². The number of amides is 1. The summed E-state index contributed by atoms with van der Waals surface area (Å²) in [5, 5.41) is 12.4. The molecule has 1 aliphatic heterocycles. The highest BCUT2D eigenvalue weighted by Crippen LogP contribution is 2.31. The number of sulfone groups is 1. The molecular weight excluding hydrogens is 592 g/mol. The molecule has 1 amide bonds. The highest BCUT2D eigenvalue weighted by atomic mass is 32.2. The van der Waals surface area contributed by atoms with Crippen LogP contribution in [0, 0.1) is 0 Å². The Labute approximate surface area is 247 Å². The third-order valence-electron chi connectivity index (χ3n) is 7.12. The molecular formula is C30H32F4N2O6S. The molecule has 0 saturated carbocycles. The third kappa shape index (κ3) is 8.38. The second-order valence-corrected chi connectivity index (χ2v) is 12.3. The molecule has 1 aliphatic rings. The summed E-state index contributed by atoms with van der Waals surface area (Å²) in [6, 6.07) is 16.7. The molecule has 0 aromatic heterocycles. The van der Waals surface area contributed by atoms with Crippen molar-refractivity contribution in [3.63, 3.8) is 0 Å². The van der Waals surface area contributed by atoms with E-state index >= 15 is 0 Å².